The van der Waals surface area contributed by atoms with E-state index < -0.39 is 0 Å². The number of nitrogens with zero attached hydrogens (tertiary/aromatic N) is 3. The van der Waals surface area contributed by atoms with E-state index in [2.05, 4.69) is 15.1 Å². The summed E-state index contributed by atoms with van der Waals surface area (Å²) in [5.41, 5.74) is 8.14. The van der Waals surface area contributed by atoms with Gasteiger partial charge in [-0.25, -0.2) is 0 Å². The molecular weight excluding hydrogens is 242 g/mol. The lowest BCUT2D eigenvalue weighted by Gasteiger charge is -2.36. The zero-order valence-corrected chi connectivity index (χ0v) is 11.9. The number of morpholine rings is 1. The quantitative estimate of drug-likeness (QED) is 0.613. The standard InChI is InChI=1S/C13H21N5O/c1-7-5-18(6-8(2)19-7)13-11(12(14)15)9(3)10(4)16-17-13/h7-8H,5-6H2,1-4H3,(H3,14,15)/t7-,8+. The van der Waals surface area contributed by atoms with Crippen LogP contribution in [0.3, 0.4) is 0 Å². The minimum Gasteiger partial charge on any atom is -0.384 e. The van der Waals surface area contributed by atoms with E-state index in [9.17, 15) is 0 Å². The Labute approximate surface area is 113 Å². The summed E-state index contributed by atoms with van der Waals surface area (Å²) >= 11 is 0. The topological polar surface area (TPSA) is 88.1 Å². The van der Waals surface area contributed by atoms with Crippen LogP contribution in [-0.2, 0) is 4.74 Å². The monoisotopic (exact) mass is 263 g/mol. The molecule has 0 amide bonds. The van der Waals surface area contributed by atoms with Crippen molar-refractivity contribution in [1.82, 2.24) is 10.2 Å². The number of nitrogens with one attached hydrogen (secondary N) is 1. The van der Waals surface area contributed by atoms with E-state index in [1.165, 1.54) is 0 Å². The van der Waals surface area contributed by atoms with Crippen LogP contribution in [0, 0.1) is 19.3 Å². The third-order valence-electron chi connectivity index (χ3n) is 3.42. The second kappa shape index (κ2) is 5.13. The first-order chi connectivity index (χ1) is 8.90. The SMILES string of the molecule is Cc1nnc(N2C[C@@H](C)O[C@@H](C)C2)c(C(=N)N)c1C. The average molecular weight is 263 g/mol. The first kappa shape index (κ1) is 13.7. The number of nitrogens with two attached hydrogens (primary N) is 1. The van der Waals surface area contributed by atoms with Gasteiger partial charge in [0, 0.05) is 13.1 Å². The van der Waals surface area contributed by atoms with Crippen LogP contribution in [0.2, 0.25) is 0 Å². The van der Waals surface area contributed by atoms with Crippen LogP contribution in [0.5, 0.6) is 0 Å². The highest BCUT2D eigenvalue weighted by Crippen LogP contribution is 2.24. The van der Waals surface area contributed by atoms with Crippen LogP contribution in [-0.4, -0.2) is 41.3 Å². The van der Waals surface area contributed by atoms with Gasteiger partial charge in [-0.05, 0) is 33.3 Å². The molecule has 1 aliphatic heterocycles. The Morgan fingerprint density at radius 3 is 2.37 bits per heavy atom. The molecule has 1 saturated heterocycles. The van der Waals surface area contributed by atoms with Gasteiger partial charge in [-0.1, -0.05) is 0 Å². The van der Waals surface area contributed by atoms with Crippen molar-refractivity contribution in [2.45, 2.75) is 39.9 Å². The smallest absolute Gasteiger partial charge is 0.162 e. The molecule has 3 N–H and O–H groups in total. The van der Waals surface area contributed by atoms with Gasteiger partial charge in [-0.3, -0.25) is 5.41 Å². The summed E-state index contributed by atoms with van der Waals surface area (Å²) < 4.78 is 5.72. The van der Waals surface area contributed by atoms with E-state index in [-0.39, 0.29) is 18.0 Å². The summed E-state index contributed by atoms with van der Waals surface area (Å²) in [6.07, 6.45) is 0.263. The van der Waals surface area contributed by atoms with E-state index in [0.29, 0.717) is 11.4 Å². The van der Waals surface area contributed by atoms with Crippen LogP contribution < -0.4 is 10.6 Å². The Bertz CT molecular complexity index is 492. The zero-order valence-electron chi connectivity index (χ0n) is 11.9. The molecule has 2 atom stereocenters. The van der Waals surface area contributed by atoms with Crippen LogP contribution in [0.4, 0.5) is 5.82 Å². The van der Waals surface area contributed by atoms with Crippen LogP contribution in [0.25, 0.3) is 0 Å². The van der Waals surface area contributed by atoms with Crippen molar-refractivity contribution >= 4 is 11.7 Å². The lowest BCUT2D eigenvalue weighted by Crippen LogP contribution is -2.46. The number of hydrogen-bond acceptors (Lipinski definition) is 5. The van der Waals surface area contributed by atoms with Crippen molar-refractivity contribution in [2.75, 3.05) is 18.0 Å². The normalized spacial score (nSPS) is 23.5. The predicted octanol–water partition coefficient (Wildman–Crippen LogP) is 0.991. The molecule has 1 aromatic rings. The minimum absolute atomic E-state index is 0.0392. The highest BCUT2D eigenvalue weighted by molar-refractivity contribution is 6.01. The average Bonchev–Trinajstić information content (AvgIpc) is 2.30. The number of amidine groups is 1. The highest BCUT2D eigenvalue weighted by Gasteiger charge is 2.27. The second-order valence-corrected chi connectivity index (χ2v) is 5.18. The van der Waals surface area contributed by atoms with E-state index in [0.717, 1.165) is 24.3 Å². The van der Waals surface area contributed by atoms with Gasteiger partial charge in [0.05, 0.1) is 23.5 Å². The molecule has 1 aromatic heterocycles. The molecule has 0 unspecified atom stereocenters. The molecule has 2 heterocycles. The molecule has 0 radical (unpaired) electrons. The first-order valence-electron chi connectivity index (χ1n) is 6.48. The van der Waals surface area contributed by atoms with Gasteiger partial charge in [0.2, 0.25) is 0 Å². The molecule has 2 rings (SSSR count). The lowest BCUT2D eigenvalue weighted by molar-refractivity contribution is -0.00552. The molecule has 0 saturated carbocycles. The molecule has 6 nitrogen and oxygen atoms in total. The van der Waals surface area contributed by atoms with Crippen molar-refractivity contribution in [3.05, 3.63) is 16.8 Å². The fourth-order valence-corrected chi connectivity index (χ4v) is 2.49. The van der Waals surface area contributed by atoms with Gasteiger partial charge in [0.1, 0.15) is 5.84 Å². The molecule has 0 aliphatic carbocycles. The molecule has 0 spiro atoms. The summed E-state index contributed by atoms with van der Waals surface area (Å²) in [6.45, 7) is 9.35. The fraction of sp³-hybridized carbons (Fsp3) is 0.615. The van der Waals surface area contributed by atoms with Gasteiger partial charge < -0.3 is 15.4 Å². The van der Waals surface area contributed by atoms with Crippen molar-refractivity contribution in [2.24, 2.45) is 5.73 Å². The second-order valence-electron chi connectivity index (χ2n) is 5.18. The molecular formula is C13H21N5O. The number of rotatable bonds is 2. The number of aryl methyl sites for hydroxylation is 1. The first-order valence-corrected chi connectivity index (χ1v) is 6.48. The molecule has 0 bridgehead atoms. The maximum Gasteiger partial charge on any atom is 0.162 e. The Hall–Kier alpha value is -1.69. The number of ether oxygens (including phenoxy) is 1. The third kappa shape index (κ3) is 2.68. The van der Waals surface area contributed by atoms with E-state index >= 15 is 0 Å². The number of hydrogen-bond donors (Lipinski definition) is 2. The maximum absolute atomic E-state index is 7.78. The Morgan fingerprint density at radius 1 is 1.26 bits per heavy atom. The molecule has 0 aromatic carbocycles. The largest absolute Gasteiger partial charge is 0.384 e. The summed E-state index contributed by atoms with van der Waals surface area (Å²) in [5, 5.41) is 16.2. The van der Waals surface area contributed by atoms with Crippen molar-refractivity contribution in [1.29, 1.82) is 5.41 Å². The molecule has 6 heteroatoms. The molecule has 1 aliphatic rings. The number of anilines is 1. The van der Waals surface area contributed by atoms with Crippen LogP contribution in [0.1, 0.15) is 30.7 Å². The summed E-state index contributed by atoms with van der Waals surface area (Å²) in [4.78, 5) is 2.11. The van der Waals surface area contributed by atoms with Crippen molar-refractivity contribution in [3.8, 4) is 0 Å². The van der Waals surface area contributed by atoms with Crippen LogP contribution >= 0.6 is 0 Å². The highest BCUT2D eigenvalue weighted by atomic mass is 16.5. The van der Waals surface area contributed by atoms with Gasteiger partial charge in [0.25, 0.3) is 0 Å². The lowest BCUT2D eigenvalue weighted by atomic mass is 10.1. The van der Waals surface area contributed by atoms with Gasteiger partial charge in [-0.15, -0.1) is 5.10 Å². The van der Waals surface area contributed by atoms with Gasteiger partial charge in [-0.2, -0.15) is 5.10 Å². The van der Waals surface area contributed by atoms with E-state index in [1.807, 2.05) is 27.7 Å². The fourth-order valence-electron chi connectivity index (χ4n) is 2.49. The Morgan fingerprint density at radius 2 is 1.84 bits per heavy atom. The Balaban J connectivity index is 2.44. The van der Waals surface area contributed by atoms with Crippen LogP contribution in [0.15, 0.2) is 0 Å². The maximum atomic E-state index is 7.78. The zero-order chi connectivity index (χ0) is 14.2. The van der Waals surface area contributed by atoms with E-state index in [4.69, 9.17) is 15.9 Å². The molecule has 104 valence electrons. The van der Waals surface area contributed by atoms with E-state index in [1.54, 1.807) is 0 Å². The third-order valence-corrected chi connectivity index (χ3v) is 3.42. The summed E-state index contributed by atoms with van der Waals surface area (Å²) in [5.74, 6) is 0.731. The molecule has 1 fully saturated rings. The number of nitrogen functional groups attached to an aromatic ring is 1. The Kier molecular flexibility index (Phi) is 3.71. The van der Waals surface area contributed by atoms with Crippen molar-refractivity contribution in [3.63, 3.8) is 0 Å². The van der Waals surface area contributed by atoms with Gasteiger partial charge >= 0.3 is 0 Å². The molecule has 19 heavy (non-hydrogen) atoms. The minimum atomic E-state index is 0.0392. The summed E-state index contributed by atoms with van der Waals surface area (Å²) in [7, 11) is 0. The number of aromatic nitrogens is 2. The van der Waals surface area contributed by atoms with Crippen molar-refractivity contribution < 1.29 is 4.74 Å². The van der Waals surface area contributed by atoms with Gasteiger partial charge in [0.15, 0.2) is 5.82 Å². The summed E-state index contributed by atoms with van der Waals surface area (Å²) in [6, 6.07) is 0. The predicted molar refractivity (Wildman–Crippen MR) is 74.7 cm³/mol.